The Balaban J connectivity index is 2.11. The second-order valence-corrected chi connectivity index (χ2v) is 8.66. The van der Waals surface area contributed by atoms with Gasteiger partial charge < -0.3 is 14.7 Å². The molecule has 2 aliphatic rings. The second-order valence-electron chi connectivity index (χ2n) is 8.66. The zero-order valence-corrected chi connectivity index (χ0v) is 16.3. The number of nitrogens with zero attached hydrogens (tertiary/aromatic N) is 4. The Bertz CT molecular complexity index is 476. The van der Waals surface area contributed by atoms with Gasteiger partial charge in [0.05, 0.1) is 0 Å². The summed E-state index contributed by atoms with van der Waals surface area (Å²) >= 11 is 0. The van der Waals surface area contributed by atoms with Crippen LogP contribution in [0.1, 0.15) is 40.5 Å². The third-order valence-corrected chi connectivity index (χ3v) is 5.09. The molecule has 6 nitrogen and oxygen atoms in total. The number of carbonyl (C=O) groups is 2. The van der Waals surface area contributed by atoms with Gasteiger partial charge in [-0.2, -0.15) is 0 Å². The molecule has 0 unspecified atom stereocenters. The van der Waals surface area contributed by atoms with Crippen LogP contribution in [-0.4, -0.2) is 90.4 Å². The highest BCUT2D eigenvalue weighted by atomic mass is 16.2. The van der Waals surface area contributed by atoms with Gasteiger partial charge in [0.1, 0.15) is 5.54 Å². The zero-order chi connectivity index (χ0) is 18.1. The zero-order valence-electron chi connectivity index (χ0n) is 16.3. The highest BCUT2D eigenvalue weighted by Gasteiger charge is 2.57. The summed E-state index contributed by atoms with van der Waals surface area (Å²) in [5.41, 5.74) is -0.352. The molecule has 2 aliphatic heterocycles. The predicted molar refractivity (Wildman–Crippen MR) is 95.9 cm³/mol. The van der Waals surface area contributed by atoms with Crippen LogP contribution < -0.4 is 0 Å². The van der Waals surface area contributed by atoms with Crippen LogP contribution in [0.3, 0.4) is 0 Å². The number of hydrogen-bond acceptors (Lipinski definition) is 4. The second kappa shape index (κ2) is 7.00. The Hall–Kier alpha value is -1.14. The molecule has 3 amide bonds. The van der Waals surface area contributed by atoms with Crippen LogP contribution in [0, 0.1) is 5.41 Å². The Labute approximate surface area is 146 Å². The van der Waals surface area contributed by atoms with Crippen molar-refractivity contribution < 1.29 is 9.59 Å². The van der Waals surface area contributed by atoms with Gasteiger partial charge in [0.2, 0.25) is 0 Å². The fourth-order valence-electron chi connectivity index (χ4n) is 3.95. The number of rotatable bonds is 5. The first kappa shape index (κ1) is 19.2. The number of carbonyl (C=O) groups excluding carboxylic acids is 2. The Morgan fingerprint density at radius 1 is 1.12 bits per heavy atom. The first-order valence-electron chi connectivity index (χ1n) is 9.11. The summed E-state index contributed by atoms with van der Waals surface area (Å²) in [4.78, 5) is 33.6. The average Bonchev–Trinajstić information content (AvgIpc) is 2.66. The van der Waals surface area contributed by atoms with Crippen LogP contribution >= 0.6 is 0 Å². The van der Waals surface area contributed by atoms with E-state index in [1.54, 1.807) is 0 Å². The minimum atomic E-state index is -0.605. The van der Waals surface area contributed by atoms with E-state index in [0.717, 1.165) is 32.5 Å². The lowest BCUT2D eigenvalue weighted by molar-refractivity contribution is -0.135. The summed E-state index contributed by atoms with van der Waals surface area (Å²) < 4.78 is 0. The van der Waals surface area contributed by atoms with Crippen molar-refractivity contribution in [2.24, 2.45) is 5.41 Å². The van der Waals surface area contributed by atoms with Crippen molar-refractivity contribution in [1.82, 2.24) is 19.6 Å². The van der Waals surface area contributed by atoms with Gasteiger partial charge in [0.25, 0.3) is 5.91 Å². The smallest absolute Gasteiger partial charge is 0.310 e. The number of imide groups is 1. The van der Waals surface area contributed by atoms with Gasteiger partial charge in [0.15, 0.2) is 0 Å². The summed E-state index contributed by atoms with van der Waals surface area (Å²) in [6.07, 6.45) is 1.50. The van der Waals surface area contributed by atoms with Crippen LogP contribution in [0.4, 0.5) is 4.79 Å². The molecule has 0 radical (unpaired) electrons. The maximum atomic E-state index is 13.1. The summed E-state index contributed by atoms with van der Waals surface area (Å²) in [5, 5.41) is 0. The number of hydrogen-bond donors (Lipinski definition) is 0. The van der Waals surface area contributed by atoms with Crippen molar-refractivity contribution >= 4 is 11.9 Å². The van der Waals surface area contributed by atoms with Gasteiger partial charge in [0, 0.05) is 39.3 Å². The molecule has 2 fully saturated rings. The molecular weight excluding hydrogens is 304 g/mol. The van der Waals surface area contributed by atoms with Crippen LogP contribution in [0.2, 0.25) is 0 Å². The Morgan fingerprint density at radius 2 is 1.71 bits per heavy atom. The summed E-state index contributed by atoms with van der Waals surface area (Å²) in [7, 11) is 3.92. The molecule has 2 heterocycles. The van der Waals surface area contributed by atoms with Crippen molar-refractivity contribution in [1.29, 1.82) is 0 Å². The molecule has 138 valence electrons. The monoisotopic (exact) mass is 338 g/mol. The van der Waals surface area contributed by atoms with Gasteiger partial charge in [-0.25, -0.2) is 4.79 Å². The van der Waals surface area contributed by atoms with Crippen molar-refractivity contribution in [3.63, 3.8) is 0 Å². The highest BCUT2D eigenvalue weighted by Crippen LogP contribution is 2.37. The highest BCUT2D eigenvalue weighted by molar-refractivity contribution is 6.07. The van der Waals surface area contributed by atoms with E-state index in [2.05, 4.69) is 25.7 Å². The van der Waals surface area contributed by atoms with E-state index in [4.69, 9.17) is 0 Å². The number of likely N-dealkylation sites (tertiary alicyclic amines) is 1. The van der Waals surface area contributed by atoms with E-state index >= 15 is 0 Å². The van der Waals surface area contributed by atoms with Crippen molar-refractivity contribution in [2.75, 3.05) is 53.4 Å². The first-order chi connectivity index (χ1) is 11.1. The lowest BCUT2D eigenvalue weighted by atomic mass is 9.84. The molecule has 2 rings (SSSR count). The molecule has 2 saturated heterocycles. The molecule has 0 aromatic rings. The molecule has 0 N–H and O–H groups in total. The Morgan fingerprint density at radius 3 is 2.17 bits per heavy atom. The van der Waals surface area contributed by atoms with Crippen molar-refractivity contribution in [3.8, 4) is 0 Å². The number of amides is 3. The van der Waals surface area contributed by atoms with Crippen LogP contribution in [-0.2, 0) is 4.79 Å². The van der Waals surface area contributed by atoms with Gasteiger partial charge in [-0.3, -0.25) is 9.69 Å². The lowest BCUT2D eigenvalue weighted by Gasteiger charge is -2.43. The number of likely N-dealkylation sites (N-methyl/N-ethyl adjacent to an activating group) is 2. The van der Waals surface area contributed by atoms with Crippen LogP contribution in [0.5, 0.6) is 0 Å². The quantitative estimate of drug-likeness (QED) is 0.716. The molecule has 6 heteroatoms. The topological polar surface area (TPSA) is 47.1 Å². The minimum Gasteiger partial charge on any atom is -0.310 e. The molecule has 1 spiro atoms. The average molecular weight is 338 g/mol. The normalized spacial score (nSPS) is 22.3. The van der Waals surface area contributed by atoms with E-state index in [1.807, 2.05) is 30.8 Å². The SMILES string of the molecule is CCN1C(=O)N(CCN(C)C)C(=O)C12CCN(CC(C)(C)C)CC2. The van der Waals surface area contributed by atoms with Gasteiger partial charge >= 0.3 is 6.03 Å². The molecule has 0 aromatic heterocycles. The summed E-state index contributed by atoms with van der Waals surface area (Å²) in [6.45, 7) is 13.3. The molecule has 0 aromatic carbocycles. The Kier molecular flexibility index (Phi) is 5.60. The minimum absolute atomic E-state index is 0.0200. The van der Waals surface area contributed by atoms with Gasteiger partial charge in [-0.05, 0) is 39.3 Å². The molecular formula is C18H34N4O2. The first-order valence-corrected chi connectivity index (χ1v) is 9.11. The van der Waals surface area contributed by atoms with E-state index in [1.165, 1.54) is 4.90 Å². The fourth-order valence-corrected chi connectivity index (χ4v) is 3.95. The van der Waals surface area contributed by atoms with Crippen LogP contribution in [0.15, 0.2) is 0 Å². The van der Waals surface area contributed by atoms with Gasteiger partial charge in [-0.1, -0.05) is 20.8 Å². The third-order valence-electron chi connectivity index (χ3n) is 5.09. The third kappa shape index (κ3) is 3.75. The lowest BCUT2D eigenvalue weighted by Crippen LogP contribution is -2.57. The standard InChI is InChI=1S/C18H34N4O2/c1-7-22-16(24)21(13-12-19(5)6)15(23)18(22)8-10-20(11-9-18)14-17(2,3)4/h7-14H2,1-6H3. The van der Waals surface area contributed by atoms with E-state index in [9.17, 15) is 9.59 Å². The summed E-state index contributed by atoms with van der Waals surface area (Å²) in [6, 6.07) is -0.103. The van der Waals surface area contributed by atoms with Gasteiger partial charge in [-0.15, -0.1) is 0 Å². The van der Waals surface area contributed by atoms with Crippen molar-refractivity contribution in [3.05, 3.63) is 0 Å². The predicted octanol–water partition coefficient (Wildman–Crippen LogP) is 1.71. The van der Waals surface area contributed by atoms with E-state index in [0.29, 0.717) is 19.6 Å². The number of piperidine rings is 1. The molecule has 0 aliphatic carbocycles. The maximum absolute atomic E-state index is 13.1. The molecule has 24 heavy (non-hydrogen) atoms. The van der Waals surface area contributed by atoms with Crippen LogP contribution in [0.25, 0.3) is 0 Å². The largest absolute Gasteiger partial charge is 0.327 e. The van der Waals surface area contributed by atoms with Crippen molar-refractivity contribution in [2.45, 2.75) is 46.1 Å². The maximum Gasteiger partial charge on any atom is 0.327 e. The number of urea groups is 1. The molecule has 0 saturated carbocycles. The van der Waals surface area contributed by atoms with E-state index in [-0.39, 0.29) is 17.4 Å². The summed E-state index contributed by atoms with van der Waals surface area (Å²) in [5.74, 6) is 0.0200. The fraction of sp³-hybridized carbons (Fsp3) is 0.889. The molecule has 0 atom stereocenters. The van der Waals surface area contributed by atoms with E-state index < -0.39 is 5.54 Å². The molecule has 0 bridgehead atoms.